The molecule has 2 nitrogen and oxygen atoms in total. The normalized spacial score (nSPS) is 11.2. The first-order chi connectivity index (χ1) is 9.90. The number of nitrogens with one attached hydrogen (secondary N) is 1. The maximum Gasteiger partial charge on any atom is 0.416 e. The van der Waals surface area contributed by atoms with Gasteiger partial charge in [-0.05, 0) is 35.9 Å². The van der Waals surface area contributed by atoms with Crippen LogP contribution in [0.5, 0.6) is 0 Å². The molecule has 0 bridgehead atoms. The molecule has 0 heterocycles. The summed E-state index contributed by atoms with van der Waals surface area (Å²) < 4.78 is 37.9. The van der Waals surface area contributed by atoms with Crippen LogP contribution >= 0.6 is 15.9 Å². The third kappa shape index (κ3) is 4.07. The molecule has 21 heavy (non-hydrogen) atoms. The van der Waals surface area contributed by atoms with Crippen LogP contribution in [-0.2, 0) is 11.5 Å². The molecule has 0 unspecified atom stereocenters. The fraction of sp³-hybridized carbons (Fsp3) is 0.133. The van der Waals surface area contributed by atoms with Crippen molar-refractivity contribution in [3.8, 4) is 0 Å². The van der Waals surface area contributed by atoms with Crippen molar-refractivity contribution in [3.05, 3.63) is 65.2 Å². The average Bonchev–Trinajstić information content (AvgIpc) is 2.46. The maximum atomic E-state index is 12.6. The van der Waals surface area contributed by atoms with Gasteiger partial charge in [-0.15, -0.1) is 0 Å². The van der Waals surface area contributed by atoms with Gasteiger partial charge >= 0.3 is 6.18 Å². The summed E-state index contributed by atoms with van der Waals surface area (Å²) in [4.78, 5) is 12.0. The van der Waals surface area contributed by atoms with Gasteiger partial charge in [0.05, 0.1) is 5.56 Å². The predicted octanol–water partition coefficient (Wildman–Crippen LogP) is 4.85. The van der Waals surface area contributed by atoms with E-state index >= 15 is 0 Å². The Morgan fingerprint density at radius 3 is 2.48 bits per heavy atom. The van der Waals surface area contributed by atoms with Gasteiger partial charge in [-0.3, -0.25) is 4.79 Å². The minimum atomic E-state index is -4.47. The van der Waals surface area contributed by atoms with Crippen LogP contribution in [0.2, 0.25) is 0 Å². The first-order valence-electron chi connectivity index (χ1n) is 6.03. The number of alkyl halides is 4. The van der Waals surface area contributed by atoms with Gasteiger partial charge in [0.25, 0.3) is 5.91 Å². The number of amides is 1. The zero-order valence-electron chi connectivity index (χ0n) is 10.7. The van der Waals surface area contributed by atoms with Crippen LogP contribution in [-0.4, -0.2) is 5.91 Å². The molecule has 2 aromatic rings. The Morgan fingerprint density at radius 2 is 1.81 bits per heavy atom. The Kier molecular flexibility index (Phi) is 4.67. The minimum absolute atomic E-state index is 0.0333. The number of carbonyl (C=O) groups is 1. The van der Waals surface area contributed by atoms with Crippen LogP contribution in [0.15, 0.2) is 48.5 Å². The molecule has 0 aliphatic carbocycles. The molecule has 0 aliphatic rings. The molecule has 0 atom stereocenters. The van der Waals surface area contributed by atoms with Crippen molar-refractivity contribution in [2.45, 2.75) is 11.5 Å². The van der Waals surface area contributed by atoms with Gasteiger partial charge in [0.1, 0.15) is 0 Å². The fourth-order valence-corrected chi connectivity index (χ4v) is 2.12. The van der Waals surface area contributed by atoms with Gasteiger partial charge in [-0.2, -0.15) is 13.2 Å². The van der Waals surface area contributed by atoms with Crippen LogP contribution in [0.4, 0.5) is 18.9 Å². The van der Waals surface area contributed by atoms with Crippen LogP contribution in [0.1, 0.15) is 21.5 Å². The summed E-state index contributed by atoms with van der Waals surface area (Å²) in [6.07, 6.45) is -4.47. The van der Waals surface area contributed by atoms with E-state index in [9.17, 15) is 18.0 Å². The number of anilines is 1. The molecule has 0 aliphatic heterocycles. The molecule has 1 amide bonds. The van der Waals surface area contributed by atoms with Gasteiger partial charge in [0, 0.05) is 16.6 Å². The van der Waals surface area contributed by atoms with Crippen molar-refractivity contribution < 1.29 is 18.0 Å². The molecular formula is C15H11BrF3NO. The summed E-state index contributed by atoms with van der Waals surface area (Å²) in [6, 6.07) is 11.4. The van der Waals surface area contributed by atoms with Gasteiger partial charge in [-0.1, -0.05) is 34.1 Å². The summed E-state index contributed by atoms with van der Waals surface area (Å²) in [7, 11) is 0. The second-order valence-corrected chi connectivity index (χ2v) is 4.93. The number of hydrogen-bond donors (Lipinski definition) is 1. The molecular weight excluding hydrogens is 347 g/mol. The highest BCUT2D eigenvalue weighted by molar-refractivity contribution is 9.08. The van der Waals surface area contributed by atoms with E-state index in [1.165, 1.54) is 12.1 Å². The lowest BCUT2D eigenvalue weighted by molar-refractivity contribution is -0.137. The third-order valence-corrected chi connectivity index (χ3v) is 3.44. The fourth-order valence-electron chi connectivity index (χ4n) is 1.77. The Balaban J connectivity index is 2.20. The first-order valence-corrected chi connectivity index (χ1v) is 7.16. The summed E-state index contributed by atoms with van der Waals surface area (Å²) in [5.74, 6) is -0.576. The molecule has 0 fully saturated rings. The molecule has 2 rings (SSSR count). The van der Waals surface area contributed by atoms with E-state index in [2.05, 4.69) is 21.2 Å². The topological polar surface area (TPSA) is 29.1 Å². The summed E-state index contributed by atoms with van der Waals surface area (Å²) in [5, 5.41) is 3.21. The lowest BCUT2D eigenvalue weighted by Gasteiger charge is -2.09. The van der Waals surface area contributed by atoms with E-state index in [4.69, 9.17) is 0 Å². The Labute approximate surface area is 128 Å². The molecule has 0 aromatic heterocycles. The van der Waals surface area contributed by atoms with Gasteiger partial charge in [0.2, 0.25) is 0 Å². The van der Waals surface area contributed by atoms with Crippen molar-refractivity contribution in [1.82, 2.24) is 0 Å². The van der Waals surface area contributed by atoms with Gasteiger partial charge in [-0.25, -0.2) is 0 Å². The second-order valence-electron chi connectivity index (χ2n) is 4.37. The predicted molar refractivity (Wildman–Crippen MR) is 78.5 cm³/mol. The van der Waals surface area contributed by atoms with E-state index in [1.54, 1.807) is 18.2 Å². The van der Waals surface area contributed by atoms with Crippen molar-refractivity contribution >= 4 is 27.5 Å². The molecule has 2 aromatic carbocycles. The lowest BCUT2D eigenvalue weighted by atomic mass is 10.1. The largest absolute Gasteiger partial charge is 0.416 e. The number of benzene rings is 2. The minimum Gasteiger partial charge on any atom is -0.322 e. The van der Waals surface area contributed by atoms with Crippen LogP contribution in [0, 0.1) is 0 Å². The van der Waals surface area contributed by atoms with Crippen LogP contribution in [0.25, 0.3) is 0 Å². The van der Waals surface area contributed by atoms with Gasteiger partial charge in [0.15, 0.2) is 0 Å². The highest BCUT2D eigenvalue weighted by Gasteiger charge is 2.30. The maximum absolute atomic E-state index is 12.6. The highest BCUT2D eigenvalue weighted by atomic mass is 79.9. The quantitative estimate of drug-likeness (QED) is 0.781. The van der Waals surface area contributed by atoms with E-state index in [-0.39, 0.29) is 5.56 Å². The molecule has 0 saturated heterocycles. The molecule has 6 heteroatoms. The molecule has 0 spiro atoms. The number of rotatable bonds is 3. The zero-order valence-corrected chi connectivity index (χ0v) is 12.3. The summed E-state index contributed by atoms with van der Waals surface area (Å²) in [6.45, 7) is 0. The second kappa shape index (κ2) is 6.30. The van der Waals surface area contributed by atoms with E-state index in [0.717, 1.165) is 17.7 Å². The van der Waals surface area contributed by atoms with Gasteiger partial charge < -0.3 is 5.32 Å². The highest BCUT2D eigenvalue weighted by Crippen LogP contribution is 2.29. The molecule has 110 valence electrons. The van der Waals surface area contributed by atoms with E-state index in [1.807, 2.05) is 6.07 Å². The Bertz CT molecular complexity index is 655. The lowest BCUT2D eigenvalue weighted by Crippen LogP contribution is -2.14. The van der Waals surface area contributed by atoms with Crippen LogP contribution < -0.4 is 5.32 Å². The average molecular weight is 358 g/mol. The molecule has 0 saturated carbocycles. The summed E-state index contributed by atoms with van der Waals surface area (Å²) in [5.41, 5.74) is 0.615. The third-order valence-electron chi connectivity index (χ3n) is 2.79. The van der Waals surface area contributed by atoms with Crippen LogP contribution in [0.3, 0.4) is 0 Å². The smallest absolute Gasteiger partial charge is 0.322 e. The SMILES string of the molecule is O=C(Nc1cccc(CBr)c1)c1cccc(C(F)(F)F)c1. The number of carbonyl (C=O) groups excluding carboxylic acids is 1. The Hall–Kier alpha value is -1.82. The molecule has 0 radical (unpaired) electrons. The van der Waals surface area contributed by atoms with Crippen molar-refractivity contribution in [1.29, 1.82) is 0 Å². The standard InChI is InChI=1S/C15H11BrF3NO/c16-9-10-3-1-6-13(7-10)20-14(21)11-4-2-5-12(8-11)15(17,18)19/h1-8H,9H2,(H,20,21). The molecule has 1 N–H and O–H groups in total. The van der Waals surface area contributed by atoms with E-state index in [0.29, 0.717) is 11.0 Å². The number of hydrogen-bond acceptors (Lipinski definition) is 1. The monoisotopic (exact) mass is 357 g/mol. The first kappa shape index (κ1) is 15.6. The zero-order chi connectivity index (χ0) is 15.5. The van der Waals surface area contributed by atoms with Crippen molar-refractivity contribution in [2.24, 2.45) is 0 Å². The van der Waals surface area contributed by atoms with Crippen molar-refractivity contribution in [3.63, 3.8) is 0 Å². The number of halogens is 4. The summed E-state index contributed by atoms with van der Waals surface area (Å²) >= 11 is 3.30. The Morgan fingerprint density at radius 1 is 1.10 bits per heavy atom. The van der Waals surface area contributed by atoms with Crippen molar-refractivity contribution in [2.75, 3.05) is 5.32 Å². The van der Waals surface area contributed by atoms with E-state index < -0.39 is 17.6 Å².